The number of benzene rings is 1. The van der Waals surface area contributed by atoms with Crippen LogP contribution in [0.1, 0.15) is 23.4 Å². The maximum absolute atomic E-state index is 12.9. The van der Waals surface area contributed by atoms with Crippen LogP contribution in [0.25, 0.3) is 0 Å². The Morgan fingerprint density at radius 1 is 1.28 bits per heavy atom. The maximum Gasteiger partial charge on any atom is 0.281 e. The standard InChI is InChI=1S/C11H12F2N4O/c12-11(13)10-9(5-14)15-16-17(10)6-7-1-3-8(18)4-2-7/h1-4,11,18H,5-6,14H2. The zero-order valence-corrected chi connectivity index (χ0v) is 9.42. The van der Waals surface area contributed by atoms with Crippen molar-refractivity contribution in [3.8, 4) is 5.75 Å². The van der Waals surface area contributed by atoms with Crippen molar-refractivity contribution in [1.29, 1.82) is 0 Å². The molecule has 0 unspecified atom stereocenters. The average molecular weight is 254 g/mol. The molecule has 1 aromatic heterocycles. The van der Waals surface area contributed by atoms with Crippen LogP contribution in [0, 0.1) is 0 Å². The molecule has 0 fully saturated rings. The Labute approximate surface area is 102 Å². The predicted octanol–water partition coefficient (Wildman–Crippen LogP) is 1.43. The van der Waals surface area contributed by atoms with E-state index in [0.29, 0.717) is 0 Å². The van der Waals surface area contributed by atoms with E-state index in [1.54, 1.807) is 12.1 Å². The van der Waals surface area contributed by atoms with Crippen molar-refractivity contribution in [2.75, 3.05) is 0 Å². The van der Waals surface area contributed by atoms with Crippen LogP contribution >= 0.6 is 0 Å². The molecule has 5 nitrogen and oxygen atoms in total. The molecule has 0 aliphatic carbocycles. The van der Waals surface area contributed by atoms with E-state index in [-0.39, 0.29) is 30.2 Å². The summed E-state index contributed by atoms with van der Waals surface area (Å²) in [6.07, 6.45) is -2.67. The van der Waals surface area contributed by atoms with Gasteiger partial charge < -0.3 is 10.8 Å². The van der Waals surface area contributed by atoms with Gasteiger partial charge in [0.15, 0.2) is 0 Å². The van der Waals surface area contributed by atoms with Gasteiger partial charge in [-0.05, 0) is 17.7 Å². The highest BCUT2D eigenvalue weighted by Crippen LogP contribution is 2.22. The van der Waals surface area contributed by atoms with Gasteiger partial charge >= 0.3 is 0 Å². The minimum Gasteiger partial charge on any atom is -0.508 e. The minimum atomic E-state index is -2.67. The number of hydrogen-bond donors (Lipinski definition) is 2. The van der Waals surface area contributed by atoms with Crippen molar-refractivity contribution in [3.05, 3.63) is 41.2 Å². The Morgan fingerprint density at radius 2 is 1.94 bits per heavy atom. The highest BCUT2D eigenvalue weighted by atomic mass is 19.3. The van der Waals surface area contributed by atoms with E-state index in [4.69, 9.17) is 10.8 Å². The van der Waals surface area contributed by atoms with Crippen molar-refractivity contribution >= 4 is 0 Å². The van der Waals surface area contributed by atoms with Gasteiger partial charge in [-0.3, -0.25) is 0 Å². The first-order valence-corrected chi connectivity index (χ1v) is 5.30. The second-order valence-corrected chi connectivity index (χ2v) is 3.75. The second kappa shape index (κ2) is 5.09. The fourth-order valence-electron chi connectivity index (χ4n) is 1.63. The van der Waals surface area contributed by atoms with Gasteiger partial charge in [0, 0.05) is 6.54 Å². The number of aromatic nitrogens is 3. The van der Waals surface area contributed by atoms with Crippen molar-refractivity contribution in [3.63, 3.8) is 0 Å². The molecule has 96 valence electrons. The molecule has 2 aromatic rings. The van der Waals surface area contributed by atoms with Gasteiger partial charge in [-0.25, -0.2) is 13.5 Å². The summed E-state index contributed by atoms with van der Waals surface area (Å²) in [5.74, 6) is 0.120. The summed E-state index contributed by atoms with van der Waals surface area (Å²) >= 11 is 0. The number of nitrogens with zero attached hydrogens (tertiary/aromatic N) is 3. The molecule has 7 heteroatoms. The molecule has 0 amide bonds. The lowest BCUT2D eigenvalue weighted by atomic mass is 10.2. The maximum atomic E-state index is 12.9. The fraction of sp³-hybridized carbons (Fsp3) is 0.273. The third-order valence-electron chi connectivity index (χ3n) is 2.52. The Kier molecular flexibility index (Phi) is 3.52. The summed E-state index contributed by atoms with van der Waals surface area (Å²) < 4.78 is 26.9. The normalized spacial score (nSPS) is 11.1. The third kappa shape index (κ3) is 2.45. The second-order valence-electron chi connectivity index (χ2n) is 3.75. The molecule has 18 heavy (non-hydrogen) atoms. The predicted molar refractivity (Wildman–Crippen MR) is 60.1 cm³/mol. The Bertz CT molecular complexity index is 524. The van der Waals surface area contributed by atoms with E-state index in [2.05, 4.69) is 10.3 Å². The molecular weight excluding hydrogens is 242 g/mol. The minimum absolute atomic E-state index is 0.0742. The van der Waals surface area contributed by atoms with Crippen LogP contribution in [0.5, 0.6) is 5.75 Å². The van der Waals surface area contributed by atoms with E-state index < -0.39 is 6.43 Å². The van der Waals surface area contributed by atoms with Gasteiger partial charge in [0.2, 0.25) is 0 Å². The molecule has 0 atom stereocenters. The molecule has 0 saturated heterocycles. The molecule has 0 aliphatic rings. The van der Waals surface area contributed by atoms with E-state index in [1.165, 1.54) is 12.1 Å². The number of alkyl halides is 2. The Hall–Kier alpha value is -2.02. The highest BCUT2D eigenvalue weighted by Gasteiger charge is 2.20. The van der Waals surface area contributed by atoms with Crippen molar-refractivity contribution < 1.29 is 13.9 Å². The monoisotopic (exact) mass is 254 g/mol. The lowest BCUT2D eigenvalue weighted by Crippen LogP contribution is -2.09. The zero-order chi connectivity index (χ0) is 13.1. The molecular formula is C11H12F2N4O. The van der Waals surface area contributed by atoms with Crippen molar-refractivity contribution in [1.82, 2.24) is 15.0 Å². The molecule has 0 radical (unpaired) electrons. The quantitative estimate of drug-likeness (QED) is 0.865. The summed E-state index contributed by atoms with van der Waals surface area (Å²) in [4.78, 5) is 0. The first-order chi connectivity index (χ1) is 8.61. The van der Waals surface area contributed by atoms with Gasteiger partial charge in [0.1, 0.15) is 17.1 Å². The fourth-order valence-corrected chi connectivity index (χ4v) is 1.63. The summed E-state index contributed by atoms with van der Waals surface area (Å²) in [6.45, 7) is 0.0855. The topological polar surface area (TPSA) is 77.0 Å². The van der Waals surface area contributed by atoms with Crippen LogP contribution in [-0.2, 0) is 13.1 Å². The SMILES string of the molecule is NCc1nnn(Cc2ccc(O)cc2)c1C(F)F. The van der Waals surface area contributed by atoms with E-state index in [9.17, 15) is 8.78 Å². The molecule has 1 aromatic carbocycles. The van der Waals surface area contributed by atoms with E-state index in [1.807, 2.05) is 0 Å². The number of nitrogens with two attached hydrogens (primary N) is 1. The first kappa shape index (κ1) is 12.4. The molecule has 1 heterocycles. The van der Waals surface area contributed by atoms with Gasteiger partial charge in [-0.1, -0.05) is 17.3 Å². The van der Waals surface area contributed by atoms with E-state index in [0.717, 1.165) is 10.2 Å². The highest BCUT2D eigenvalue weighted by molar-refractivity contribution is 5.26. The van der Waals surface area contributed by atoms with Gasteiger partial charge in [-0.15, -0.1) is 5.10 Å². The zero-order valence-electron chi connectivity index (χ0n) is 9.42. The van der Waals surface area contributed by atoms with Gasteiger partial charge in [-0.2, -0.15) is 0 Å². The first-order valence-electron chi connectivity index (χ1n) is 5.30. The number of phenols is 1. The summed E-state index contributed by atoms with van der Waals surface area (Å²) in [5, 5.41) is 16.4. The van der Waals surface area contributed by atoms with Crippen LogP contribution in [0.15, 0.2) is 24.3 Å². The van der Waals surface area contributed by atoms with Crippen LogP contribution < -0.4 is 5.73 Å². The van der Waals surface area contributed by atoms with Gasteiger partial charge in [0.05, 0.1) is 6.54 Å². The molecule has 0 bridgehead atoms. The van der Waals surface area contributed by atoms with Crippen LogP contribution in [0.3, 0.4) is 0 Å². The molecule has 0 saturated carbocycles. The number of aromatic hydroxyl groups is 1. The Morgan fingerprint density at radius 3 is 2.50 bits per heavy atom. The van der Waals surface area contributed by atoms with Crippen molar-refractivity contribution in [2.24, 2.45) is 5.73 Å². The lowest BCUT2D eigenvalue weighted by Gasteiger charge is -2.06. The van der Waals surface area contributed by atoms with Crippen molar-refractivity contribution in [2.45, 2.75) is 19.5 Å². The smallest absolute Gasteiger partial charge is 0.281 e. The number of hydrogen-bond acceptors (Lipinski definition) is 4. The largest absolute Gasteiger partial charge is 0.508 e. The van der Waals surface area contributed by atoms with Crippen LogP contribution in [0.2, 0.25) is 0 Å². The Balaban J connectivity index is 2.28. The molecule has 2 rings (SSSR count). The number of rotatable bonds is 4. The van der Waals surface area contributed by atoms with Crippen LogP contribution in [-0.4, -0.2) is 20.1 Å². The lowest BCUT2D eigenvalue weighted by molar-refractivity contribution is 0.138. The molecule has 0 spiro atoms. The number of halogens is 2. The van der Waals surface area contributed by atoms with E-state index >= 15 is 0 Å². The molecule has 3 N–H and O–H groups in total. The summed E-state index contributed by atoms with van der Waals surface area (Å²) in [5.41, 5.74) is 5.91. The number of phenolic OH excluding ortho intramolecular Hbond substituents is 1. The van der Waals surface area contributed by atoms with Gasteiger partial charge in [0.25, 0.3) is 6.43 Å². The van der Waals surface area contributed by atoms with Crippen LogP contribution in [0.4, 0.5) is 8.78 Å². The average Bonchev–Trinajstić information content (AvgIpc) is 2.75. The summed E-state index contributed by atoms with van der Waals surface area (Å²) in [6, 6.07) is 6.24. The third-order valence-corrected chi connectivity index (χ3v) is 2.52. The summed E-state index contributed by atoms with van der Waals surface area (Å²) in [7, 11) is 0. The molecule has 0 aliphatic heterocycles.